The lowest BCUT2D eigenvalue weighted by molar-refractivity contribution is -0.145. The molecular weight excluding hydrogens is 364 g/mol. The van der Waals surface area contributed by atoms with E-state index in [9.17, 15) is 4.79 Å². The van der Waals surface area contributed by atoms with Crippen LogP contribution in [0.15, 0.2) is 0 Å². The lowest BCUT2D eigenvalue weighted by atomic mass is 9.72. The van der Waals surface area contributed by atoms with Crippen molar-refractivity contribution in [1.29, 1.82) is 0 Å². The van der Waals surface area contributed by atoms with E-state index in [2.05, 4.69) is 13.8 Å². The summed E-state index contributed by atoms with van der Waals surface area (Å²) < 4.78 is 16.9. The number of epoxide rings is 2. The Morgan fingerprint density at radius 2 is 1.72 bits per heavy atom. The van der Waals surface area contributed by atoms with Crippen LogP contribution in [-0.4, -0.2) is 36.5 Å². The molecule has 4 rings (SSSR count). The number of unbranched alkanes of at least 4 members (excludes halogenated alkanes) is 6. The van der Waals surface area contributed by atoms with Gasteiger partial charge < -0.3 is 14.2 Å². The van der Waals surface area contributed by atoms with Crippen LogP contribution in [0.4, 0.5) is 0 Å². The fourth-order valence-electron chi connectivity index (χ4n) is 5.78. The van der Waals surface area contributed by atoms with E-state index >= 15 is 0 Å². The molecule has 0 aromatic rings. The van der Waals surface area contributed by atoms with E-state index in [0.29, 0.717) is 42.7 Å². The van der Waals surface area contributed by atoms with Crippen molar-refractivity contribution in [3.63, 3.8) is 0 Å². The van der Waals surface area contributed by atoms with Crippen molar-refractivity contribution >= 4 is 5.97 Å². The van der Waals surface area contributed by atoms with Gasteiger partial charge in [-0.25, -0.2) is 0 Å². The Balaban J connectivity index is 0.933. The summed E-state index contributed by atoms with van der Waals surface area (Å²) in [7, 11) is 0. The van der Waals surface area contributed by atoms with Gasteiger partial charge in [0.2, 0.25) is 0 Å². The first-order valence-corrected chi connectivity index (χ1v) is 12.4. The van der Waals surface area contributed by atoms with E-state index in [1.807, 2.05) is 0 Å². The molecule has 2 saturated carbocycles. The summed E-state index contributed by atoms with van der Waals surface area (Å²) in [6.07, 6.45) is 19.6. The van der Waals surface area contributed by atoms with Gasteiger partial charge in [0.15, 0.2) is 0 Å². The summed E-state index contributed by atoms with van der Waals surface area (Å²) in [6, 6.07) is 0. The Labute approximate surface area is 177 Å². The number of carbonyl (C=O) groups is 1. The van der Waals surface area contributed by atoms with Gasteiger partial charge in [-0.05, 0) is 69.6 Å². The zero-order valence-electron chi connectivity index (χ0n) is 18.8. The summed E-state index contributed by atoms with van der Waals surface area (Å²) in [5.41, 5.74) is 0.699. The van der Waals surface area contributed by atoms with Gasteiger partial charge in [0, 0.05) is 6.42 Å². The predicted octanol–water partition coefficient (Wildman–Crippen LogP) is 5.96. The van der Waals surface area contributed by atoms with Crippen molar-refractivity contribution in [2.45, 2.75) is 134 Å². The normalized spacial score (nSPS) is 40.1. The molecule has 2 aliphatic carbocycles. The first kappa shape index (κ1) is 21.6. The van der Waals surface area contributed by atoms with E-state index in [-0.39, 0.29) is 11.6 Å². The highest BCUT2D eigenvalue weighted by atomic mass is 16.6. The topological polar surface area (TPSA) is 51.4 Å². The molecule has 0 aromatic carbocycles. The van der Waals surface area contributed by atoms with Gasteiger partial charge in [0.05, 0.1) is 30.5 Å². The van der Waals surface area contributed by atoms with Crippen molar-refractivity contribution in [2.24, 2.45) is 11.3 Å². The Morgan fingerprint density at radius 1 is 0.966 bits per heavy atom. The third kappa shape index (κ3) is 6.19. The lowest BCUT2D eigenvalue weighted by Crippen LogP contribution is -2.25. The molecule has 166 valence electrons. The molecule has 0 radical (unpaired) electrons. The Morgan fingerprint density at radius 3 is 2.48 bits per heavy atom. The Hall–Kier alpha value is -0.610. The highest BCUT2D eigenvalue weighted by molar-refractivity contribution is 5.69. The molecule has 4 aliphatic rings. The average Bonchev–Trinajstić information content (AvgIpc) is 3.59. The first-order chi connectivity index (χ1) is 14.0. The summed E-state index contributed by atoms with van der Waals surface area (Å²) >= 11 is 0. The SMILES string of the molecule is CC1(CCCCCCCCCC(=O)OCC2CCC3(C)OC3C2)CCC2OC2C1. The lowest BCUT2D eigenvalue weighted by Gasteiger charge is -2.31. The number of hydrogen-bond donors (Lipinski definition) is 0. The molecule has 4 fully saturated rings. The maximum atomic E-state index is 12.0. The quantitative estimate of drug-likeness (QED) is 0.228. The van der Waals surface area contributed by atoms with Crippen molar-refractivity contribution in [3.8, 4) is 0 Å². The van der Waals surface area contributed by atoms with Crippen LogP contribution in [0.2, 0.25) is 0 Å². The van der Waals surface area contributed by atoms with Gasteiger partial charge in [0.1, 0.15) is 0 Å². The van der Waals surface area contributed by atoms with Crippen LogP contribution in [0.5, 0.6) is 0 Å². The number of ether oxygens (including phenoxy) is 3. The second-order valence-electron chi connectivity index (χ2n) is 11.0. The van der Waals surface area contributed by atoms with E-state index in [4.69, 9.17) is 14.2 Å². The number of carbonyl (C=O) groups excluding carboxylic acids is 1. The minimum Gasteiger partial charge on any atom is -0.465 e. The summed E-state index contributed by atoms with van der Waals surface area (Å²) in [5, 5.41) is 0. The number of hydrogen-bond acceptors (Lipinski definition) is 4. The van der Waals surface area contributed by atoms with Crippen LogP contribution in [0.25, 0.3) is 0 Å². The molecule has 0 aromatic heterocycles. The van der Waals surface area contributed by atoms with E-state index in [1.54, 1.807) is 0 Å². The third-order valence-corrected chi connectivity index (χ3v) is 8.19. The summed E-state index contributed by atoms with van der Waals surface area (Å²) in [6.45, 7) is 5.27. The number of esters is 1. The van der Waals surface area contributed by atoms with Crippen LogP contribution in [0.3, 0.4) is 0 Å². The second kappa shape index (κ2) is 9.26. The average molecular weight is 407 g/mol. The minimum atomic E-state index is -0.00217. The van der Waals surface area contributed by atoms with Gasteiger partial charge in [-0.15, -0.1) is 0 Å². The first-order valence-electron chi connectivity index (χ1n) is 12.4. The zero-order valence-corrected chi connectivity index (χ0v) is 18.8. The van der Waals surface area contributed by atoms with Gasteiger partial charge in [-0.3, -0.25) is 4.79 Å². The second-order valence-corrected chi connectivity index (χ2v) is 11.0. The fourth-order valence-corrected chi connectivity index (χ4v) is 5.78. The fraction of sp³-hybridized carbons (Fsp3) is 0.960. The van der Waals surface area contributed by atoms with Gasteiger partial charge in [-0.2, -0.15) is 0 Å². The smallest absolute Gasteiger partial charge is 0.305 e. The van der Waals surface area contributed by atoms with E-state index in [0.717, 1.165) is 32.1 Å². The van der Waals surface area contributed by atoms with E-state index < -0.39 is 0 Å². The number of fused-ring (bicyclic) bond motifs is 2. The monoisotopic (exact) mass is 406 g/mol. The summed E-state index contributed by atoms with van der Waals surface area (Å²) in [4.78, 5) is 12.0. The molecule has 0 spiro atoms. The van der Waals surface area contributed by atoms with Crippen molar-refractivity contribution in [2.75, 3.05) is 6.61 Å². The molecule has 29 heavy (non-hydrogen) atoms. The van der Waals surface area contributed by atoms with Crippen LogP contribution >= 0.6 is 0 Å². The number of rotatable bonds is 12. The van der Waals surface area contributed by atoms with Gasteiger partial charge in [-0.1, -0.05) is 45.4 Å². The molecule has 0 bridgehead atoms. The molecule has 4 heteroatoms. The van der Waals surface area contributed by atoms with Crippen molar-refractivity contribution in [3.05, 3.63) is 0 Å². The molecular formula is C25H42O4. The minimum absolute atomic E-state index is 0.00217. The highest BCUT2D eigenvalue weighted by Crippen LogP contribution is 2.49. The van der Waals surface area contributed by atoms with Crippen molar-refractivity contribution in [1.82, 2.24) is 0 Å². The molecule has 2 aliphatic heterocycles. The standard InChI is InChI=1S/C25H42O4/c1-24(14-12-20-21(17-24)28-20)13-9-7-5-3-4-6-8-10-23(26)27-18-19-11-15-25(2)22(16-19)29-25/h19-22H,3-18H2,1-2H3. The van der Waals surface area contributed by atoms with E-state index in [1.165, 1.54) is 57.8 Å². The highest BCUT2D eigenvalue weighted by Gasteiger charge is 2.55. The third-order valence-electron chi connectivity index (χ3n) is 8.19. The van der Waals surface area contributed by atoms with Gasteiger partial charge in [0.25, 0.3) is 0 Å². The van der Waals surface area contributed by atoms with Crippen molar-refractivity contribution < 1.29 is 19.0 Å². The van der Waals surface area contributed by atoms with Crippen LogP contribution < -0.4 is 0 Å². The maximum Gasteiger partial charge on any atom is 0.305 e. The maximum absolute atomic E-state index is 12.0. The zero-order chi connectivity index (χ0) is 20.3. The summed E-state index contributed by atoms with van der Waals surface area (Å²) in [5.74, 6) is 0.506. The molecule has 0 N–H and O–H groups in total. The Kier molecular flexibility index (Phi) is 6.90. The molecule has 2 saturated heterocycles. The molecule has 6 atom stereocenters. The molecule has 4 nitrogen and oxygen atoms in total. The molecule has 6 unspecified atom stereocenters. The van der Waals surface area contributed by atoms with Gasteiger partial charge >= 0.3 is 5.97 Å². The Bertz CT molecular complexity index is 563. The van der Waals surface area contributed by atoms with Crippen LogP contribution in [0.1, 0.15) is 110 Å². The van der Waals surface area contributed by atoms with Crippen LogP contribution in [0, 0.1) is 11.3 Å². The van der Waals surface area contributed by atoms with Crippen LogP contribution in [-0.2, 0) is 19.0 Å². The molecule has 0 amide bonds. The molecule has 2 heterocycles. The largest absolute Gasteiger partial charge is 0.465 e. The predicted molar refractivity (Wildman–Crippen MR) is 114 cm³/mol.